The number of nitrogens with zero attached hydrogens (tertiary/aromatic N) is 1. The normalized spacial score (nSPS) is 12.7. The fourth-order valence-corrected chi connectivity index (χ4v) is 2.61. The number of nitrogens with two attached hydrogens (primary N) is 1. The highest BCUT2D eigenvalue weighted by Crippen LogP contribution is 2.12. The lowest BCUT2D eigenvalue weighted by Gasteiger charge is -2.21. The first kappa shape index (κ1) is 22.8. The van der Waals surface area contributed by atoms with Gasteiger partial charge in [-0.05, 0) is 43.4 Å². The Morgan fingerprint density at radius 3 is 2.41 bits per heavy atom. The van der Waals surface area contributed by atoms with Crippen molar-refractivity contribution in [2.75, 3.05) is 33.4 Å². The van der Waals surface area contributed by atoms with Gasteiger partial charge >= 0.3 is 0 Å². The predicted molar refractivity (Wildman–Crippen MR) is 109 cm³/mol. The molecule has 0 saturated carbocycles. The van der Waals surface area contributed by atoms with Crippen LogP contribution in [0.25, 0.3) is 0 Å². The van der Waals surface area contributed by atoms with Gasteiger partial charge in [0.05, 0.1) is 6.10 Å². The number of hydrogen-bond acceptors (Lipinski definition) is 4. The molecule has 0 aromatic heterocycles. The lowest BCUT2D eigenvalue weighted by molar-refractivity contribution is -0.119. The Morgan fingerprint density at radius 2 is 1.85 bits per heavy atom. The van der Waals surface area contributed by atoms with Crippen LogP contribution in [-0.4, -0.2) is 51.3 Å². The second-order valence-corrected chi connectivity index (χ2v) is 6.60. The zero-order valence-electron chi connectivity index (χ0n) is 17.0. The van der Waals surface area contributed by atoms with Gasteiger partial charge in [-0.25, -0.2) is 0 Å². The maximum Gasteiger partial charge on any atom is 0.255 e. The Balaban J connectivity index is 2.31. The molecule has 0 aliphatic heterocycles. The minimum Gasteiger partial charge on any atom is -0.484 e. The van der Waals surface area contributed by atoms with Crippen molar-refractivity contribution < 1.29 is 14.3 Å². The molecule has 0 radical (unpaired) electrons. The largest absolute Gasteiger partial charge is 0.484 e. The number of rotatable bonds is 12. The molecule has 7 nitrogen and oxygen atoms in total. The summed E-state index contributed by atoms with van der Waals surface area (Å²) >= 11 is 0. The highest BCUT2D eigenvalue weighted by Gasteiger charge is 2.12. The van der Waals surface area contributed by atoms with Gasteiger partial charge in [0.2, 0.25) is 0 Å². The van der Waals surface area contributed by atoms with Gasteiger partial charge in [0, 0.05) is 26.7 Å². The topological polar surface area (TPSA) is 98.0 Å². The third kappa shape index (κ3) is 9.84. The summed E-state index contributed by atoms with van der Waals surface area (Å²) in [4.78, 5) is 15.0. The van der Waals surface area contributed by atoms with Gasteiger partial charge in [-0.3, -0.25) is 9.79 Å². The van der Waals surface area contributed by atoms with Crippen LogP contribution in [0.15, 0.2) is 29.3 Å². The monoisotopic (exact) mass is 378 g/mol. The number of ether oxygens (including phenoxy) is 2. The summed E-state index contributed by atoms with van der Waals surface area (Å²) in [6.07, 6.45) is 2.06. The number of benzene rings is 1. The molecule has 1 aromatic carbocycles. The molecule has 7 heteroatoms. The molecule has 1 unspecified atom stereocenters. The van der Waals surface area contributed by atoms with Crippen molar-refractivity contribution in [1.82, 2.24) is 10.6 Å². The SMILES string of the molecule is CCOC(CCNC(=NC)NCCc1ccc(OCC(N)=O)cc1)C(C)C. The van der Waals surface area contributed by atoms with E-state index in [1.165, 1.54) is 5.56 Å². The molecule has 0 aliphatic rings. The Bertz CT molecular complexity index is 573. The number of aliphatic imine (C=N–C) groups is 1. The van der Waals surface area contributed by atoms with E-state index in [-0.39, 0.29) is 12.7 Å². The van der Waals surface area contributed by atoms with E-state index in [0.29, 0.717) is 11.7 Å². The van der Waals surface area contributed by atoms with Crippen LogP contribution < -0.4 is 21.1 Å². The summed E-state index contributed by atoms with van der Waals surface area (Å²) < 4.78 is 11.0. The standard InChI is InChI=1S/C20H34N4O3/c1-5-26-18(15(2)3)11-13-24-20(22-4)23-12-10-16-6-8-17(9-7-16)27-14-19(21)25/h6-9,15,18H,5,10-14H2,1-4H3,(H2,21,25)(H2,22,23,24). The van der Waals surface area contributed by atoms with Crippen LogP contribution in [0.5, 0.6) is 5.75 Å². The fourth-order valence-electron chi connectivity index (χ4n) is 2.61. The highest BCUT2D eigenvalue weighted by molar-refractivity contribution is 5.79. The Morgan fingerprint density at radius 1 is 1.19 bits per heavy atom. The molecule has 0 heterocycles. The number of amides is 1. The van der Waals surface area contributed by atoms with E-state index in [1.807, 2.05) is 31.2 Å². The number of nitrogens with one attached hydrogen (secondary N) is 2. The van der Waals surface area contributed by atoms with E-state index in [0.717, 1.165) is 38.5 Å². The summed E-state index contributed by atoms with van der Waals surface area (Å²) in [6, 6.07) is 7.63. The average molecular weight is 379 g/mol. The molecule has 152 valence electrons. The molecule has 0 bridgehead atoms. The molecular formula is C20H34N4O3. The Labute approximate surface area is 162 Å². The third-order valence-electron chi connectivity index (χ3n) is 4.08. The molecule has 1 amide bonds. The Hall–Kier alpha value is -2.28. The predicted octanol–water partition coefficient (Wildman–Crippen LogP) is 1.71. The van der Waals surface area contributed by atoms with Crippen molar-refractivity contribution in [3.63, 3.8) is 0 Å². The summed E-state index contributed by atoms with van der Waals surface area (Å²) in [5, 5.41) is 6.64. The highest BCUT2D eigenvalue weighted by atomic mass is 16.5. The Kier molecular flexibility index (Phi) is 10.9. The van der Waals surface area contributed by atoms with Crippen LogP contribution in [0.1, 0.15) is 32.8 Å². The lowest BCUT2D eigenvalue weighted by Crippen LogP contribution is -2.40. The smallest absolute Gasteiger partial charge is 0.255 e. The van der Waals surface area contributed by atoms with E-state index >= 15 is 0 Å². The molecule has 1 rings (SSSR count). The second-order valence-electron chi connectivity index (χ2n) is 6.60. The number of guanidine groups is 1. The van der Waals surface area contributed by atoms with Gasteiger partial charge in [-0.15, -0.1) is 0 Å². The zero-order chi connectivity index (χ0) is 20.1. The summed E-state index contributed by atoms with van der Waals surface area (Å²) in [7, 11) is 1.77. The van der Waals surface area contributed by atoms with E-state index in [9.17, 15) is 4.79 Å². The lowest BCUT2D eigenvalue weighted by atomic mass is 10.0. The van der Waals surface area contributed by atoms with Crippen LogP contribution in [0.4, 0.5) is 0 Å². The van der Waals surface area contributed by atoms with E-state index in [4.69, 9.17) is 15.2 Å². The van der Waals surface area contributed by atoms with Crippen molar-refractivity contribution in [1.29, 1.82) is 0 Å². The van der Waals surface area contributed by atoms with Gasteiger partial charge in [0.15, 0.2) is 12.6 Å². The first-order chi connectivity index (χ1) is 13.0. The number of carbonyl (C=O) groups excluding carboxylic acids is 1. The van der Waals surface area contributed by atoms with Gasteiger partial charge in [-0.2, -0.15) is 0 Å². The number of primary amides is 1. The molecule has 27 heavy (non-hydrogen) atoms. The van der Waals surface area contributed by atoms with Crippen molar-refractivity contribution in [3.05, 3.63) is 29.8 Å². The first-order valence-corrected chi connectivity index (χ1v) is 9.52. The van der Waals surface area contributed by atoms with E-state index < -0.39 is 5.91 Å². The molecule has 0 aliphatic carbocycles. The fraction of sp³-hybridized carbons (Fsp3) is 0.600. The van der Waals surface area contributed by atoms with Gasteiger partial charge in [0.25, 0.3) is 5.91 Å². The quantitative estimate of drug-likeness (QED) is 0.380. The number of carbonyl (C=O) groups is 1. The molecule has 1 atom stereocenters. The molecule has 1 aromatic rings. The molecule has 0 spiro atoms. The second kappa shape index (κ2) is 13.0. The van der Waals surface area contributed by atoms with Crippen molar-refractivity contribution in [2.24, 2.45) is 16.6 Å². The summed E-state index contributed by atoms with van der Waals surface area (Å²) in [5.41, 5.74) is 6.23. The van der Waals surface area contributed by atoms with Crippen LogP contribution in [0, 0.1) is 5.92 Å². The van der Waals surface area contributed by atoms with E-state index in [1.54, 1.807) is 7.05 Å². The van der Waals surface area contributed by atoms with Gasteiger partial charge in [-0.1, -0.05) is 26.0 Å². The van der Waals surface area contributed by atoms with Crippen LogP contribution >= 0.6 is 0 Å². The van der Waals surface area contributed by atoms with Crippen molar-refractivity contribution in [2.45, 2.75) is 39.7 Å². The zero-order valence-corrected chi connectivity index (χ0v) is 17.0. The summed E-state index contributed by atoms with van der Waals surface area (Å²) in [6.45, 7) is 8.59. The first-order valence-electron chi connectivity index (χ1n) is 9.52. The maximum atomic E-state index is 10.7. The van der Waals surface area contributed by atoms with Crippen LogP contribution in [0.3, 0.4) is 0 Å². The molecular weight excluding hydrogens is 344 g/mol. The van der Waals surface area contributed by atoms with Gasteiger partial charge < -0.3 is 25.8 Å². The third-order valence-corrected chi connectivity index (χ3v) is 4.08. The average Bonchev–Trinajstić information content (AvgIpc) is 2.65. The van der Waals surface area contributed by atoms with Crippen LogP contribution in [0.2, 0.25) is 0 Å². The number of hydrogen-bond donors (Lipinski definition) is 3. The van der Waals surface area contributed by atoms with Crippen molar-refractivity contribution >= 4 is 11.9 Å². The summed E-state index contributed by atoms with van der Waals surface area (Å²) in [5.74, 6) is 1.44. The minimum atomic E-state index is -0.483. The molecule has 0 saturated heterocycles. The van der Waals surface area contributed by atoms with E-state index in [2.05, 4.69) is 29.5 Å². The van der Waals surface area contributed by atoms with Crippen LogP contribution in [-0.2, 0) is 16.0 Å². The molecule has 0 fully saturated rings. The minimum absolute atomic E-state index is 0.107. The van der Waals surface area contributed by atoms with Gasteiger partial charge in [0.1, 0.15) is 5.75 Å². The molecule has 4 N–H and O–H groups in total. The maximum absolute atomic E-state index is 10.7. The van der Waals surface area contributed by atoms with Crippen molar-refractivity contribution in [3.8, 4) is 5.75 Å².